The van der Waals surface area contributed by atoms with E-state index in [-0.39, 0.29) is 50.0 Å². The van der Waals surface area contributed by atoms with Crippen LogP contribution in [0.2, 0.25) is 0 Å². The van der Waals surface area contributed by atoms with E-state index >= 15 is 0 Å². The molecule has 2 nitrogen and oxygen atoms in total. The molecule has 0 fully saturated rings. The molecular weight excluding hydrogens is 303 g/mol. The van der Waals surface area contributed by atoms with Crippen molar-refractivity contribution in [1.82, 2.24) is 0 Å². The van der Waals surface area contributed by atoms with Crippen molar-refractivity contribution in [3.05, 3.63) is 25.3 Å². The first-order valence-corrected chi connectivity index (χ1v) is 4.91. The number of nitrogens with one attached hydrogen (secondary N) is 2. The van der Waals surface area contributed by atoms with Crippen molar-refractivity contribution in [2.24, 2.45) is 0 Å². The molecule has 0 saturated heterocycles. The van der Waals surface area contributed by atoms with E-state index in [1.165, 1.54) is 0 Å². The summed E-state index contributed by atoms with van der Waals surface area (Å²) in [5, 5.41) is 0. The van der Waals surface area contributed by atoms with Gasteiger partial charge in [0, 0.05) is 0 Å². The molecule has 4 heteroatoms. The minimum atomic E-state index is -0.250. The molecule has 16 heavy (non-hydrogen) atoms. The Bertz CT molecular complexity index is 60.0. The Labute approximate surface area is 130 Å². The van der Waals surface area contributed by atoms with Crippen LogP contribution in [0.25, 0.3) is 11.5 Å². The quantitative estimate of drug-likeness (QED) is 0.424. The zero-order valence-corrected chi connectivity index (χ0v) is 18.8. The summed E-state index contributed by atoms with van der Waals surface area (Å²) in [6.07, 6.45) is 0. The predicted molar refractivity (Wildman–Crippen MR) is 70.2 cm³/mol. The van der Waals surface area contributed by atoms with Crippen LogP contribution in [0, 0.1) is 13.8 Å². The third-order valence-corrected chi connectivity index (χ3v) is 0. The molecule has 0 rings (SSSR count). The van der Waals surface area contributed by atoms with Gasteiger partial charge in [-0.3, -0.25) is 0 Å². The van der Waals surface area contributed by atoms with Crippen LogP contribution in [0.1, 0.15) is 55.4 Å². The van der Waals surface area contributed by atoms with Crippen LogP contribution in [0.15, 0.2) is 0 Å². The van der Waals surface area contributed by atoms with Crippen molar-refractivity contribution in [2.45, 2.75) is 66.5 Å². The van der Waals surface area contributed by atoms with Crippen molar-refractivity contribution >= 4 is 0 Å². The van der Waals surface area contributed by atoms with Crippen LogP contribution in [0.3, 0.4) is 0 Å². The molecule has 0 atom stereocenters. The fourth-order valence-electron chi connectivity index (χ4n) is 0. The van der Waals surface area contributed by atoms with Gasteiger partial charge in [0.15, 0.2) is 0 Å². The molecule has 2 N–H and O–H groups in total. The Hall–Kier alpha value is 1.17. The Kier molecular flexibility index (Phi) is 48.2. The van der Waals surface area contributed by atoms with Gasteiger partial charge in [-0.15, -0.1) is 11.1 Å². The van der Waals surface area contributed by atoms with Crippen LogP contribution in [-0.2, 0) is 39.0 Å². The van der Waals surface area contributed by atoms with Crippen LogP contribution < -0.4 is 0 Å². The van der Waals surface area contributed by atoms with Gasteiger partial charge < -0.3 is 25.3 Å². The normalized spacial score (nSPS) is 8.25. The summed E-state index contributed by atoms with van der Waals surface area (Å²) < 4.78 is 0. The summed E-state index contributed by atoms with van der Waals surface area (Å²) in [5.74, 6) is 0. The summed E-state index contributed by atoms with van der Waals surface area (Å²) in [7, 11) is 0. The Morgan fingerprint density at radius 3 is 0.562 bits per heavy atom. The summed E-state index contributed by atoms with van der Waals surface area (Å²) in [5.41, 5.74) is 13.4. The van der Waals surface area contributed by atoms with Crippen LogP contribution in [-0.4, -0.2) is 11.1 Å². The molecule has 0 radical (unpaired) electrons. The first-order valence-electron chi connectivity index (χ1n) is 4.91. The average molecular weight is 333 g/mol. The van der Waals surface area contributed by atoms with Gasteiger partial charge in [-0.05, 0) is 0 Å². The summed E-state index contributed by atoms with van der Waals surface area (Å²) in [6, 6.07) is 0. The topological polar surface area (TPSA) is 47.6 Å². The predicted octanol–water partition coefficient (Wildman–Crippen LogP) is 5.35. The van der Waals surface area contributed by atoms with Gasteiger partial charge in [-0.25, -0.2) is 0 Å². The maximum absolute atomic E-state index is 6.94. The summed E-state index contributed by atoms with van der Waals surface area (Å²) in [6.45, 7) is 21.1. The first-order chi connectivity index (χ1) is 6.00. The molecule has 0 aromatic heterocycles. The molecular formula is C12H30N2Zn2. The van der Waals surface area contributed by atoms with Gasteiger partial charge in [-0.1, -0.05) is 41.5 Å². The van der Waals surface area contributed by atoms with E-state index < -0.39 is 0 Å². The monoisotopic (exact) mass is 330 g/mol. The Morgan fingerprint density at radius 1 is 0.562 bits per heavy atom. The van der Waals surface area contributed by atoms with E-state index in [0.29, 0.717) is 0 Å². The van der Waals surface area contributed by atoms with E-state index in [0.717, 1.165) is 0 Å². The SMILES string of the molecule is CC(C)(C)[NH-].CC(C)(C)[NH-].[CH2-]C.[CH2-]C.[Zn+2].[Zn+2]. The fraction of sp³-hybridized carbons (Fsp3) is 0.833. The smallest absolute Gasteiger partial charge is 0.673 e. The van der Waals surface area contributed by atoms with Gasteiger partial charge in [0.25, 0.3) is 0 Å². The Balaban J connectivity index is -0.0000000218. The molecule has 0 spiro atoms. The minimum Gasteiger partial charge on any atom is -0.673 e. The van der Waals surface area contributed by atoms with Crippen molar-refractivity contribution in [3.63, 3.8) is 0 Å². The van der Waals surface area contributed by atoms with Gasteiger partial charge >= 0.3 is 39.0 Å². The van der Waals surface area contributed by atoms with E-state index in [4.69, 9.17) is 11.5 Å². The third kappa shape index (κ3) is 2240. The molecule has 0 amide bonds. The van der Waals surface area contributed by atoms with Gasteiger partial charge in [0.05, 0.1) is 0 Å². The second-order valence-electron chi connectivity index (χ2n) is 4.50. The first kappa shape index (κ1) is 36.0. The molecule has 0 saturated carbocycles. The van der Waals surface area contributed by atoms with Crippen molar-refractivity contribution < 1.29 is 39.0 Å². The van der Waals surface area contributed by atoms with E-state index in [1.807, 2.05) is 41.5 Å². The van der Waals surface area contributed by atoms with Crippen LogP contribution in [0.5, 0.6) is 0 Å². The number of rotatable bonds is 0. The zero-order valence-electron chi connectivity index (χ0n) is 12.8. The van der Waals surface area contributed by atoms with Crippen molar-refractivity contribution in [1.29, 1.82) is 0 Å². The largest absolute Gasteiger partial charge is 2.00 e. The fourth-order valence-corrected chi connectivity index (χ4v) is 0. The molecule has 0 aliphatic heterocycles. The third-order valence-electron chi connectivity index (χ3n) is 0. The van der Waals surface area contributed by atoms with E-state index in [2.05, 4.69) is 13.8 Å². The molecule has 0 aromatic carbocycles. The molecule has 92 valence electrons. The second kappa shape index (κ2) is 21.5. The molecule has 0 unspecified atom stereocenters. The average Bonchev–Trinajstić information content (AvgIpc) is 1.88. The molecule has 0 aliphatic carbocycles. The van der Waals surface area contributed by atoms with Gasteiger partial charge in [0.2, 0.25) is 0 Å². The minimum absolute atomic E-state index is 0. The van der Waals surface area contributed by atoms with Crippen molar-refractivity contribution in [3.8, 4) is 0 Å². The molecule has 0 bridgehead atoms. The summed E-state index contributed by atoms with van der Waals surface area (Å²) in [4.78, 5) is 0. The second-order valence-corrected chi connectivity index (χ2v) is 4.50. The number of hydrogen-bond donors (Lipinski definition) is 0. The van der Waals surface area contributed by atoms with E-state index in [9.17, 15) is 0 Å². The molecule has 0 heterocycles. The standard InChI is InChI=1S/2C4H10N.2C2H5.2Zn/c2*1-4(2,3)5;2*1-2;;/h2*5H,1-3H3;2*1H2,2H3;;/q4*-1;2*+2. The number of hydrogen-bond acceptors (Lipinski definition) is 0. The zero-order chi connectivity index (χ0) is 13.0. The summed E-state index contributed by atoms with van der Waals surface area (Å²) >= 11 is 0. The maximum atomic E-state index is 6.94. The van der Waals surface area contributed by atoms with Gasteiger partial charge in [-0.2, -0.15) is 13.8 Å². The van der Waals surface area contributed by atoms with Crippen LogP contribution in [0.4, 0.5) is 0 Å². The van der Waals surface area contributed by atoms with Crippen LogP contribution >= 0.6 is 0 Å². The van der Waals surface area contributed by atoms with Crippen molar-refractivity contribution in [2.75, 3.05) is 0 Å². The van der Waals surface area contributed by atoms with E-state index in [1.54, 1.807) is 13.8 Å². The molecule has 0 aromatic rings. The molecule has 0 aliphatic rings. The maximum Gasteiger partial charge on any atom is 2.00 e. The van der Waals surface area contributed by atoms with Gasteiger partial charge in [0.1, 0.15) is 0 Å². The Morgan fingerprint density at radius 2 is 0.562 bits per heavy atom.